The number of amides is 1. The molecule has 5 heteroatoms. The molecular weight excluding hydrogens is 288 g/mol. The van der Waals surface area contributed by atoms with Gasteiger partial charge >= 0.3 is 0 Å². The molecule has 5 nitrogen and oxygen atoms in total. The monoisotopic (exact) mass is 310 g/mol. The summed E-state index contributed by atoms with van der Waals surface area (Å²) >= 11 is 0. The molecule has 2 aromatic heterocycles. The summed E-state index contributed by atoms with van der Waals surface area (Å²) in [5, 5.41) is 0.991. The van der Waals surface area contributed by atoms with Crippen LogP contribution in [0.2, 0.25) is 0 Å². The Bertz CT molecular complexity index is 831. The Labute approximate surface area is 135 Å². The highest BCUT2D eigenvalue weighted by atomic mass is 16.2. The molecule has 0 radical (unpaired) electrons. The first kappa shape index (κ1) is 15.3. The van der Waals surface area contributed by atoms with Crippen molar-refractivity contribution in [2.45, 2.75) is 26.3 Å². The Balaban J connectivity index is 1.85. The van der Waals surface area contributed by atoms with Gasteiger partial charge in [-0.2, -0.15) is 0 Å². The smallest absolute Gasteiger partial charge is 0.256 e. The number of imidazole rings is 1. The van der Waals surface area contributed by atoms with Gasteiger partial charge in [0.25, 0.3) is 5.91 Å². The summed E-state index contributed by atoms with van der Waals surface area (Å²) in [6.07, 6.45) is 5.58. The van der Waals surface area contributed by atoms with E-state index in [4.69, 9.17) is 0 Å². The van der Waals surface area contributed by atoms with Crippen molar-refractivity contribution in [1.82, 2.24) is 19.4 Å². The molecule has 0 fully saturated rings. The Kier molecular flexibility index (Phi) is 4.19. The number of benzene rings is 1. The average Bonchev–Trinajstić information content (AvgIpc) is 3.12. The van der Waals surface area contributed by atoms with Crippen LogP contribution < -0.4 is 0 Å². The van der Waals surface area contributed by atoms with Crippen LogP contribution in [0, 0.1) is 0 Å². The number of aromatic nitrogens is 3. The fourth-order valence-electron chi connectivity index (χ4n) is 2.97. The van der Waals surface area contributed by atoms with E-state index < -0.39 is 0 Å². The SMILES string of the molecule is CCCc1nc[nH]c1CN(C)C(=O)c1cn(C)c2ccccc12. The lowest BCUT2D eigenvalue weighted by atomic mass is 10.1. The van der Waals surface area contributed by atoms with E-state index in [1.165, 1.54) is 0 Å². The minimum Gasteiger partial charge on any atom is -0.350 e. The van der Waals surface area contributed by atoms with Gasteiger partial charge in [0, 0.05) is 31.2 Å². The van der Waals surface area contributed by atoms with Gasteiger partial charge in [-0.25, -0.2) is 4.98 Å². The number of fused-ring (bicyclic) bond motifs is 1. The molecule has 0 saturated heterocycles. The number of hydrogen-bond donors (Lipinski definition) is 1. The summed E-state index contributed by atoms with van der Waals surface area (Å²) in [5.41, 5.74) is 3.87. The quantitative estimate of drug-likeness (QED) is 0.787. The number of aryl methyl sites for hydroxylation is 2. The number of aromatic amines is 1. The number of carbonyl (C=O) groups is 1. The van der Waals surface area contributed by atoms with E-state index in [2.05, 4.69) is 16.9 Å². The van der Waals surface area contributed by atoms with Gasteiger partial charge in [-0.3, -0.25) is 4.79 Å². The molecule has 1 aromatic carbocycles. The predicted molar refractivity (Wildman–Crippen MR) is 91.3 cm³/mol. The normalized spacial score (nSPS) is 11.1. The van der Waals surface area contributed by atoms with Crippen molar-refractivity contribution in [3.05, 3.63) is 53.7 Å². The van der Waals surface area contributed by atoms with Crippen LogP contribution in [0.5, 0.6) is 0 Å². The number of rotatable bonds is 5. The van der Waals surface area contributed by atoms with Gasteiger partial charge in [-0.15, -0.1) is 0 Å². The van der Waals surface area contributed by atoms with Crippen molar-refractivity contribution in [1.29, 1.82) is 0 Å². The van der Waals surface area contributed by atoms with E-state index in [9.17, 15) is 4.79 Å². The van der Waals surface area contributed by atoms with Crippen LogP contribution in [-0.2, 0) is 20.0 Å². The number of nitrogens with one attached hydrogen (secondary N) is 1. The zero-order valence-electron chi connectivity index (χ0n) is 13.8. The summed E-state index contributed by atoms with van der Waals surface area (Å²) in [7, 11) is 3.80. The lowest BCUT2D eigenvalue weighted by molar-refractivity contribution is 0.0785. The molecule has 120 valence electrons. The first-order valence-electron chi connectivity index (χ1n) is 7.92. The number of carbonyl (C=O) groups excluding carboxylic acids is 1. The molecule has 0 unspecified atom stereocenters. The van der Waals surface area contributed by atoms with Crippen LogP contribution in [0.15, 0.2) is 36.8 Å². The second-order valence-electron chi connectivity index (χ2n) is 5.91. The number of hydrogen-bond acceptors (Lipinski definition) is 2. The average molecular weight is 310 g/mol. The van der Waals surface area contributed by atoms with Gasteiger partial charge in [0.05, 0.1) is 29.8 Å². The van der Waals surface area contributed by atoms with Crippen LogP contribution in [0.3, 0.4) is 0 Å². The maximum absolute atomic E-state index is 12.8. The fraction of sp³-hybridized carbons (Fsp3) is 0.333. The Hall–Kier alpha value is -2.56. The van der Waals surface area contributed by atoms with Crippen LogP contribution in [0.4, 0.5) is 0 Å². The summed E-state index contributed by atoms with van der Waals surface area (Å²) < 4.78 is 2.00. The van der Waals surface area contributed by atoms with Gasteiger partial charge < -0.3 is 14.5 Å². The summed E-state index contributed by atoms with van der Waals surface area (Å²) in [4.78, 5) is 22.1. The molecule has 0 aliphatic heterocycles. The molecule has 0 atom stereocenters. The highest BCUT2D eigenvalue weighted by Crippen LogP contribution is 2.22. The van der Waals surface area contributed by atoms with E-state index >= 15 is 0 Å². The zero-order valence-corrected chi connectivity index (χ0v) is 13.8. The molecule has 2 heterocycles. The Morgan fingerprint density at radius 3 is 2.91 bits per heavy atom. The van der Waals surface area contributed by atoms with Crippen molar-refractivity contribution in [3.63, 3.8) is 0 Å². The van der Waals surface area contributed by atoms with Crippen molar-refractivity contribution >= 4 is 16.8 Å². The molecule has 0 bridgehead atoms. The third-order valence-corrected chi connectivity index (χ3v) is 4.16. The van der Waals surface area contributed by atoms with Crippen LogP contribution in [-0.4, -0.2) is 32.4 Å². The zero-order chi connectivity index (χ0) is 16.4. The third-order valence-electron chi connectivity index (χ3n) is 4.16. The maximum atomic E-state index is 12.8. The first-order valence-corrected chi connectivity index (χ1v) is 7.92. The van der Waals surface area contributed by atoms with Crippen molar-refractivity contribution < 1.29 is 4.79 Å². The van der Waals surface area contributed by atoms with Crippen molar-refractivity contribution in [2.75, 3.05) is 7.05 Å². The molecule has 0 saturated carbocycles. The summed E-state index contributed by atoms with van der Waals surface area (Å²) in [6.45, 7) is 2.67. The highest BCUT2D eigenvalue weighted by Gasteiger charge is 2.19. The van der Waals surface area contributed by atoms with Crippen LogP contribution >= 0.6 is 0 Å². The van der Waals surface area contributed by atoms with Crippen LogP contribution in [0.1, 0.15) is 35.1 Å². The minimum absolute atomic E-state index is 0.0267. The largest absolute Gasteiger partial charge is 0.350 e. The van der Waals surface area contributed by atoms with E-state index in [0.29, 0.717) is 6.54 Å². The first-order chi connectivity index (χ1) is 11.1. The van der Waals surface area contributed by atoms with Gasteiger partial charge in [0.1, 0.15) is 0 Å². The lowest BCUT2D eigenvalue weighted by Gasteiger charge is -2.16. The van der Waals surface area contributed by atoms with Gasteiger partial charge in [0.15, 0.2) is 0 Å². The third kappa shape index (κ3) is 2.86. The van der Waals surface area contributed by atoms with Gasteiger partial charge in [0.2, 0.25) is 0 Å². The minimum atomic E-state index is 0.0267. The standard InChI is InChI=1S/C18H22N4O/c1-4-7-15-16(20-12-19-15)11-22(3)18(23)14-10-21(2)17-9-6-5-8-13(14)17/h5-6,8-10,12H,4,7,11H2,1-3H3,(H,19,20). The van der Waals surface area contributed by atoms with Crippen molar-refractivity contribution in [3.8, 4) is 0 Å². The van der Waals surface area contributed by atoms with Gasteiger partial charge in [-0.1, -0.05) is 31.5 Å². The fourth-order valence-corrected chi connectivity index (χ4v) is 2.97. The second kappa shape index (κ2) is 6.28. The molecule has 0 spiro atoms. The Morgan fingerprint density at radius 2 is 2.13 bits per heavy atom. The number of nitrogens with zero attached hydrogens (tertiary/aromatic N) is 3. The summed E-state index contributed by atoms with van der Waals surface area (Å²) in [5.74, 6) is 0.0267. The Morgan fingerprint density at radius 1 is 1.35 bits per heavy atom. The highest BCUT2D eigenvalue weighted by molar-refractivity contribution is 6.06. The van der Waals surface area contributed by atoms with E-state index in [1.54, 1.807) is 11.2 Å². The molecule has 0 aliphatic rings. The molecular formula is C18H22N4O. The molecule has 1 amide bonds. The molecule has 3 rings (SSSR count). The van der Waals surface area contributed by atoms with Crippen LogP contribution in [0.25, 0.3) is 10.9 Å². The van der Waals surface area contributed by atoms with E-state index in [1.807, 2.05) is 49.1 Å². The maximum Gasteiger partial charge on any atom is 0.256 e. The number of para-hydroxylation sites is 1. The molecule has 3 aromatic rings. The molecule has 23 heavy (non-hydrogen) atoms. The second-order valence-corrected chi connectivity index (χ2v) is 5.91. The molecule has 1 N–H and O–H groups in total. The van der Waals surface area contributed by atoms with Crippen molar-refractivity contribution in [2.24, 2.45) is 7.05 Å². The van der Waals surface area contributed by atoms with E-state index in [0.717, 1.165) is 40.7 Å². The number of H-pyrrole nitrogens is 1. The molecule has 0 aliphatic carbocycles. The van der Waals surface area contributed by atoms with E-state index in [-0.39, 0.29) is 5.91 Å². The lowest BCUT2D eigenvalue weighted by Crippen LogP contribution is -2.26. The topological polar surface area (TPSA) is 53.9 Å². The predicted octanol–water partition coefficient (Wildman–Crippen LogP) is 3.13. The summed E-state index contributed by atoms with van der Waals surface area (Å²) in [6, 6.07) is 7.98. The van der Waals surface area contributed by atoms with Gasteiger partial charge in [-0.05, 0) is 12.5 Å².